The number of hydrogen-bond acceptors (Lipinski definition) is 3. The lowest BCUT2D eigenvalue weighted by Gasteiger charge is -2.47. The van der Waals surface area contributed by atoms with Crippen molar-refractivity contribution in [3.05, 3.63) is 107 Å². The highest BCUT2D eigenvalue weighted by Gasteiger charge is 2.34. The number of nitrogens with zero attached hydrogens (tertiary/aromatic N) is 2. The van der Waals surface area contributed by atoms with Gasteiger partial charge in [0, 0.05) is 37.3 Å². The summed E-state index contributed by atoms with van der Waals surface area (Å²) in [6.07, 6.45) is 0. The zero-order valence-corrected chi connectivity index (χ0v) is 19.7. The summed E-state index contributed by atoms with van der Waals surface area (Å²) in [6, 6.07) is 28.9. The maximum atomic E-state index is 11.8. The molecule has 0 spiro atoms. The minimum Gasteiger partial charge on any atom is -0.295 e. The first-order valence-electron chi connectivity index (χ1n) is 11.6. The maximum absolute atomic E-state index is 11.8. The van der Waals surface area contributed by atoms with E-state index in [9.17, 15) is 4.79 Å². The maximum Gasteiger partial charge on any atom is 0.159 e. The summed E-state index contributed by atoms with van der Waals surface area (Å²) in [5.74, 6) is 0.111. The molecule has 3 nitrogen and oxygen atoms in total. The zero-order chi connectivity index (χ0) is 22.7. The third-order valence-corrected chi connectivity index (χ3v) is 6.75. The van der Waals surface area contributed by atoms with E-state index in [2.05, 4.69) is 97.3 Å². The molecule has 0 radical (unpaired) electrons. The average Bonchev–Trinajstić information content (AvgIpc) is 2.80. The van der Waals surface area contributed by atoms with Gasteiger partial charge in [0.15, 0.2) is 5.78 Å². The molecule has 0 aromatic heterocycles. The SMILES string of the molecule is CC(=O)c1ccc(C(c2ccccc2)N2C[C@@H](C)N(Cc3ccc(C)cc3)C[C@@H]2C)cc1. The standard InChI is InChI=1S/C29H34N2O/c1-21-10-12-25(13-11-21)20-30-18-23(3)31(19-22(30)2)29(27-8-6-5-7-9-27)28-16-14-26(15-17-28)24(4)32/h5-17,22-23,29H,18-20H2,1-4H3/t22-,23+,29?/m1/s1. The van der Waals surface area contributed by atoms with Crippen molar-refractivity contribution in [3.63, 3.8) is 0 Å². The second kappa shape index (κ2) is 9.81. The van der Waals surface area contributed by atoms with Gasteiger partial charge in [-0.3, -0.25) is 14.6 Å². The van der Waals surface area contributed by atoms with Gasteiger partial charge in [-0.1, -0.05) is 84.4 Å². The quantitative estimate of drug-likeness (QED) is 0.460. The Balaban J connectivity index is 1.59. The molecule has 0 bridgehead atoms. The van der Waals surface area contributed by atoms with E-state index in [-0.39, 0.29) is 11.8 Å². The second-order valence-electron chi connectivity index (χ2n) is 9.30. The van der Waals surface area contributed by atoms with Crippen LogP contribution in [0.1, 0.15) is 59.4 Å². The van der Waals surface area contributed by atoms with Gasteiger partial charge in [0.1, 0.15) is 0 Å². The van der Waals surface area contributed by atoms with Crippen LogP contribution in [0.2, 0.25) is 0 Å². The average molecular weight is 427 g/mol. The van der Waals surface area contributed by atoms with E-state index in [1.807, 2.05) is 12.1 Å². The number of aryl methyl sites for hydroxylation is 1. The van der Waals surface area contributed by atoms with Crippen LogP contribution in [0.5, 0.6) is 0 Å². The predicted octanol–water partition coefficient (Wildman–Crippen LogP) is 5.88. The van der Waals surface area contributed by atoms with Crippen molar-refractivity contribution in [2.24, 2.45) is 0 Å². The first kappa shape index (κ1) is 22.4. The molecular formula is C29H34N2O. The van der Waals surface area contributed by atoms with Gasteiger partial charge in [0.2, 0.25) is 0 Å². The van der Waals surface area contributed by atoms with Gasteiger partial charge in [0.25, 0.3) is 0 Å². The molecule has 1 unspecified atom stereocenters. The lowest BCUT2D eigenvalue weighted by atomic mass is 9.92. The third-order valence-electron chi connectivity index (χ3n) is 6.75. The van der Waals surface area contributed by atoms with Crippen LogP contribution in [0.4, 0.5) is 0 Å². The number of carbonyl (C=O) groups excluding carboxylic acids is 1. The molecule has 0 aliphatic carbocycles. The normalized spacial score (nSPS) is 20.8. The summed E-state index contributed by atoms with van der Waals surface area (Å²) in [6.45, 7) is 11.5. The molecule has 1 fully saturated rings. The minimum absolute atomic E-state index is 0.111. The highest BCUT2D eigenvalue weighted by Crippen LogP contribution is 2.33. The Labute approximate surface area is 192 Å². The Bertz CT molecular complexity index is 1030. The lowest BCUT2D eigenvalue weighted by Crippen LogP contribution is -2.56. The van der Waals surface area contributed by atoms with Gasteiger partial charge < -0.3 is 0 Å². The first-order valence-corrected chi connectivity index (χ1v) is 11.6. The molecule has 0 amide bonds. The number of hydrogen-bond donors (Lipinski definition) is 0. The molecule has 1 aliphatic heterocycles. The van der Waals surface area contributed by atoms with Crippen molar-refractivity contribution < 1.29 is 4.79 Å². The van der Waals surface area contributed by atoms with Crippen molar-refractivity contribution in [2.45, 2.75) is 52.4 Å². The fourth-order valence-corrected chi connectivity index (χ4v) is 4.84. The van der Waals surface area contributed by atoms with Crippen molar-refractivity contribution in [2.75, 3.05) is 13.1 Å². The Morgan fingerprint density at radius 3 is 2.09 bits per heavy atom. The predicted molar refractivity (Wildman–Crippen MR) is 132 cm³/mol. The van der Waals surface area contributed by atoms with Crippen molar-refractivity contribution in [3.8, 4) is 0 Å². The van der Waals surface area contributed by atoms with E-state index in [0.717, 1.165) is 25.2 Å². The van der Waals surface area contributed by atoms with Crippen LogP contribution in [-0.2, 0) is 6.54 Å². The number of piperazine rings is 1. The van der Waals surface area contributed by atoms with Crippen LogP contribution in [0.15, 0.2) is 78.9 Å². The number of Topliss-reactive ketones (excluding diaryl/α,β-unsaturated/α-hetero) is 1. The van der Waals surface area contributed by atoms with Gasteiger partial charge in [-0.25, -0.2) is 0 Å². The molecule has 3 atom stereocenters. The van der Waals surface area contributed by atoms with Crippen LogP contribution in [0.25, 0.3) is 0 Å². The lowest BCUT2D eigenvalue weighted by molar-refractivity contribution is 0.0195. The summed E-state index contributed by atoms with van der Waals surface area (Å²) >= 11 is 0. The van der Waals surface area contributed by atoms with Gasteiger partial charge in [0.05, 0.1) is 6.04 Å². The number of benzene rings is 3. The summed E-state index contributed by atoms with van der Waals surface area (Å²) in [7, 11) is 0. The van der Waals surface area contributed by atoms with Crippen molar-refractivity contribution >= 4 is 5.78 Å². The summed E-state index contributed by atoms with van der Waals surface area (Å²) in [5, 5.41) is 0. The fraction of sp³-hybridized carbons (Fsp3) is 0.345. The first-order chi connectivity index (χ1) is 15.4. The van der Waals surface area contributed by atoms with Crippen molar-refractivity contribution in [1.82, 2.24) is 9.80 Å². The molecule has 1 saturated heterocycles. The number of ketones is 1. The molecule has 3 heteroatoms. The highest BCUT2D eigenvalue weighted by molar-refractivity contribution is 5.94. The van der Waals surface area contributed by atoms with Gasteiger partial charge in [-0.2, -0.15) is 0 Å². The Morgan fingerprint density at radius 1 is 0.844 bits per heavy atom. The van der Waals surface area contributed by atoms with E-state index >= 15 is 0 Å². The molecule has 0 saturated carbocycles. The molecule has 3 aromatic carbocycles. The Kier molecular flexibility index (Phi) is 6.88. The van der Waals surface area contributed by atoms with Crippen molar-refractivity contribution in [1.29, 1.82) is 0 Å². The van der Waals surface area contributed by atoms with Crippen LogP contribution in [0, 0.1) is 6.92 Å². The smallest absolute Gasteiger partial charge is 0.159 e. The molecule has 0 N–H and O–H groups in total. The van der Waals surface area contributed by atoms with E-state index < -0.39 is 0 Å². The highest BCUT2D eigenvalue weighted by atomic mass is 16.1. The summed E-state index contributed by atoms with van der Waals surface area (Å²) < 4.78 is 0. The molecule has 1 aliphatic rings. The second-order valence-corrected chi connectivity index (χ2v) is 9.30. The van der Waals surface area contributed by atoms with Crippen LogP contribution in [-0.4, -0.2) is 40.8 Å². The number of rotatable bonds is 6. The third kappa shape index (κ3) is 5.01. The summed E-state index contributed by atoms with van der Waals surface area (Å²) in [4.78, 5) is 17.0. The molecule has 32 heavy (non-hydrogen) atoms. The van der Waals surface area contributed by atoms with Gasteiger partial charge >= 0.3 is 0 Å². The Morgan fingerprint density at radius 2 is 1.47 bits per heavy atom. The van der Waals surface area contributed by atoms with Crippen LogP contribution >= 0.6 is 0 Å². The zero-order valence-electron chi connectivity index (χ0n) is 19.7. The van der Waals surface area contributed by atoms with Gasteiger partial charge in [-0.05, 0) is 44.4 Å². The van der Waals surface area contributed by atoms with Gasteiger partial charge in [-0.15, -0.1) is 0 Å². The van der Waals surface area contributed by atoms with E-state index in [1.165, 1.54) is 22.3 Å². The Hall–Kier alpha value is -2.75. The molecule has 4 rings (SSSR count). The fourth-order valence-electron chi connectivity index (χ4n) is 4.84. The van der Waals surface area contributed by atoms with Crippen LogP contribution in [0.3, 0.4) is 0 Å². The largest absolute Gasteiger partial charge is 0.295 e. The topological polar surface area (TPSA) is 23.6 Å². The molecular weight excluding hydrogens is 392 g/mol. The van der Waals surface area contributed by atoms with E-state index in [0.29, 0.717) is 12.1 Å². The van der Waals surface area contributed by atoms with E-state index in [4.69, 9.17) is 0 Å². The van der Waals surface area contributed by atoms with E-state index in [1.54, 1.807) is 6.92 Å². The molecule has 3 aromatic rings. The minimum atomic E-state index is 0.111. The number of carbonyl (C=O) groups is 1. The van der Waals surface area contributed by atoms with Crippen LogP contribution < -0.4 is 0 Å². The molecule has 166 valence electrons. The monoisotopic (exact) mass is 426 g/mol. The molecule has 1 heterocycles. The summed E-state index contributed by atoms with van der Waals surface area (Å²) in [5.41, 5.74) is 6.00.